The van der Waals surface area contributed by atoms with Gasteiger partial charge in [-0.1, -0.05) is 49.1 Å². The number of pyridine rings is 1. The van der Waals surface area contributed by atoms with Crippen LogP contribution in [-0.2, 0) is 6.54 Å². The maximum Gasteiger partial charge on any atom is 0.213 e. The molecule has 0 aliphatic carbocycles. The standard InChI is InChI=1S/C20H17NO.BrH/c1-2-14-21-15-13-16(18-8-4-5-9-19(18)21)11-12-17-7-3-6-10-20(17)22;/h2-13,15H,1,14H2;1H. The molecule has 0 saturated carbocycles. The van der Waals surface area contributed by atoms with E-state index in [0.29, 0.717) is 5.75 Å². The molecule has 0 fully saturated rings. The van der Waals surface area contributed by atoms with E-state index in [1.54, 1.807) is 6.07 Å². The first-order valence-electron chi connectivity index (χ1n) is 7.28. The molecule has 2 nitrogen and oxygen atoms in total. The molecular weight excluding hydrogens is 350 g/mol. The minimum Gasteiger partial charge on any atom is -1.00 e. The number of fused-ring (bicyclic) bond motifs is 1. The summed E-state index contributed by atoms with van der Waals surface area (Å²) in [5, 5.41) is 11.0. The monoisotopic (exact) mass is 367 g/mol. The van der Waals surface area contributed by atoms with Gasteiger partial charge in [0, 0.05) is 17.7 Å². The van der Waals surface area contributed by atoms with E-state index >= 15 is 0 Å². The van der Waals surface area contributed by atoms with Crippen LogP contribution in [0.25, 0.3) is 23.1 Å². The summed E-state index contributed by atoms with van der Waals surface area (Å²) in [6, 6.07) is 17.7. The Balaban J connectivity index is 0.00000192. The first kappa shape index (κ1) is 17.0. The predicted molar refractivity (Wildman–Crippen MR) is 91.4 cm³/mol. The highest BCUT2D eigenvalue weighted by Crippen LogP contribution is 2.21. The average molecular weight is 368 g/mol. The van der Waals surface area contributed by atoms with Gasteiger partial charge >= 0.3 is 0 Å². The van der Waals surface area contributed by atoms with Gasteiger partial charge in [0.05, 0.1) is 5.39 Å². The number of para-hydroxylation sites is 2. The number of halogens is 1. The largest absolute Gasteiger partial charge is 1.00 e. The van der Waals surface area contributed by atoms with Gasteiger partial charge < -0.3 is 22.1 Å². The van der Waals surface area contributed by atoms with Crippen LogP contribution in [0, 0.1) is 0 Å². The summed E-state index contributed by atoms with van der Waals surface area (Å²) in [5.41, 5.74) is 3.11. The van der Waals surface area contributed by atoms with Gasteiger partial charge in [-0.25, -0.2) is 0 Å². The Bertz CT molecular complexity index is 855. The zero-order chi connectivity index (χ0) is 15.4. The molecule has 0 aliphatic rings. The van der Waals surface area contributed by atoms with Crippen LogP contribution in [0.15, 0.2) is 73.4 Å². The highest BCUT2D eigenvalue weighted by atomic mass is 79.9. The molecule has 116 valence electrons. The maximum absolute atomic E-state index is 9.85. The van der Waals surface area contributed by atoms with Crippen molar-refractivity contribution >= 4 is 23.1 Å². The molecule has 1 heterocycles. The Morgan fingerprint density at radius 1 is 0.913 bits per heavy atom. The van der Waals surface area contributed by atoms with Crippen molar-refractivity contribution in [3.05, 3.63) is 84.6 Å². The fourth-order valence-electron chi connectivity index (χ4n) is 2.56. The van der Waals surface area contributed by atoms with E-state index in [1.807, 2.05) is 48.6 Å². The lowest BCUT2D eigenvalue weighted by molar-refractivity contribution is -0.660. The van der Waals surface area contributed by atoms with Crippen LogP contribution in [0.2, 0.25) is 0 Å². The third-order valence-electron chi connectivity index (χ3n) is 3.66. The number of aromatic nitrogens is 1. The molecule has 0 atom stereocenters. The van der Waals surface area contributed by atoms with Crippen molar-refractivity contribution in [1.29, 1.82) is 0 Å². The normalized spacial score (nSPS) is 10.6. The van der Waals surface area contributed by atoms with E-state index in [4.69, 9.17) is 0 Å². The number of hydrogen-bond acceptors (Lipinski definition) is 1. The van der Waals surface area contributed by atoms with Crippen LogP contribution < -0.4 is 21.5 Å². The Morgan fingerprint density at radius 3 is 2.39 bits per heavy atom. The Morgan fingerprint density at radius 2 is 1.61 bits per heavy atom. The van der Waals surface area contributed by atoms with Crippen molar-refractivity contribution in [2.45, 2.75) is 6.54 Å². The molecule has 0 unspecified atom stereocenters. The quantitative estimate of drug-likeness (QED) is 0.543. The second-order valence-corrected chi connectivity index (χ2v) is 5.12. The highest BCUT2D eigenvalue weighted by molar-refractivity contribution is 5.89. The van der Waals surface area contributed by atoms with Crippen molar-refractivity contribution in [2.75, 3.05) is 0 Å². The summed E-state index contributed by atoms with van der Waals surface area (Å²) in [7, 11) is 0. The van der Waals surface area contributed by atoms with Crippen LogP contribution in [0.3, 0.4) is 0 Å². The minimum atomic E-state index is 0. The van der Waals surface area contributed by atoms with Gasteiger partial charge in [-0.3, -0.25) is 0 Å². The number of benzene rings is 2. The van der Waals surface area contributed by atoms with E-state index < -0.39 is 0 Å². The Hall–Kier alpha value is -2.39. The lowest BCUT2D eigenvalue weighted by atomic mass is 10.1. The number of hydrogen-bond donors (Lipinski definition) is 1. The minimum absolute atomic E-state index is 0. The maximum atomic E-state index is 9.85. The van der Waals surface area contributed by atoms with Crippen LogP contribution in [0.5, 0.6) is 5.75 Å². The number of rotatable bonds is 4. The lowest BCUT2D eigenvalue weighted by Gasteiger charge is -2.03. The van der Waals surface area contributed by atoms with Crippen LogP contribution >= 0.6 is 0 Å². The molecule has 0 saturated heterocycles. The summed E-state index contributed by atoms with van der Waals surface area (Å²) in [4.78, 5) is 0. The Labute approximate surface area is 146 Å². The summed E-state index contributed by atoms with van der Waals surface area (Å²) in [5.74, 6) is 0.292. The number of phenols is 1. The molecule has 3 heteroatoms. The van der Waals surface area contributed by atoms with Gasteiger partial charge in [-0.05, 0) is 23.8 Å². The summed E-state index contributed by atoms with van der Waals surface area (Å²) in [6.45, 7) is 4.59. The number of aromatic hydroxyl groups is 1. The molecule has 0 spiro atoms. The number of allylic oxidation sites excluding steroid dienone is 1. The van der Waals surface area contributed by atoms with E-state index in [-0.39, 0.29) is 17.0 Å². The van der Waals surface area contributed by atoms with Gasteiger partial charge in [0.25, 0.3) is 0 Å². The molecule has 0 amide bonds. The van der Waals surface area contributed by atoms with Gasteiger partial charge in [-0.2, -0.15) is 4.57 Å². The molecule has 3 rings (SSSR count). The SMILES string of the molecule is C=CC[n+]1ccc(/C=C/c2ccccc2O)c2ccccc21.[Br-]. The highest BCUT2D eigenvalue weighted by Gasteiger charge is 2.09. The molecule has 0 aliphatic heterocycles. The summed E-state index contributed by atoms with van der Waals surface area (Å²) >= 11 is 0. The molecule has 0 radical (unpaired) electrons. The topological polar surface area (TPSA) is 24.1 Å². The fraction of sp³-hybridized carbons (Fsp3) is 0.0500. The van der Waals surface area contributed by atoms with Gasteiger partial charge in [-0.15, -0.1) is 0 Å². The van der Waals surface area contributed by atoms with Crippen molar-refractivity contribution in [2.24, 2.45) is 0 Å². The fourth-order valence-corrected chi connectivity index (χ4v) is 2.56. The van der Waals surface area contributed by atoms with Crippen LogP contribution in [0.1, 0.15) is 11.1 Å². The van der Waals surface area contributed by atoms with Crippen LogP contribution in [0.4, 0.5) is 0 Å². The van der Waals surface area contributed by atoms with Gasteiger partial charge in [0.2, 0.25) is 5.52 Å². The molecule has 3 aromatic rings. The molecule has 23 heavy (non-hydrogen) atoms. The third-order valence-corrected chi connectivity index (χ3v) is 3.66. The second-order valence-electron chi connectivity index (χ2n) is 5.12. The van der Waals surface area contributed by atoms with Crippen molar-refractivity contribution in [3.8, 4) is 5.75 Å². The van der Waals surface area contributed by atoms with Gasteiger partial charge in [0.15, 0.2) is 12.7 Å². The summed E-state index contributed by atoms with van der Waals surface area (Å²) < 4.78 is 2.17. The van der Waals surface area contributed by atoms with Crippen molar-refractivity contribution in [3.63, 3.8) is 0 Å². The smallest absolute Gasteiger partial charge is 0.213 e. The summed E-state index contributed by atoms with van der Waals surface area (Å²) in [6.07, 6.45) is 7.93. The molecule has 1 N–H and O–H groups in total. The zero-order valence-electron chi connectivity index (χ0n) is 12.7. The van der Waals surface area contributed by atoms with Crippen LogP contribution in [-0.4, -0.2) is 5.11 Å². The molecule has 1 aromatic heterocycles. The molecule has 2 aromatic carbocycles. The predicted octanol–water partition coefficient (Wildman–Crippen LogP) is 1.19. The average Bonchev–Trinajstić information content (AvgIpc) is 2.56. The van der Waals surface area contributed by atoms with Gasteiger partial charge in [0.1, 0.15) is 5.75 Å². The van der Waals surface area contributed by atoms with Crippen molar-refractivity contribution < 1.29 is 26.7 Å². The lowest BCUT2D eigenvalue weighted by Crippen LogP contribution is -3.00. The zero-order valence-corrected chi connectivity index (χ0v) is 14.3. The second kappa shape index (κ2) is 7.75. The first-order valence-corrected chi connectivity index (χ1v) is 7.28. The van der Waals surface area contributed by atoms with Crippen molar-refractivity contribution in [1.82, 2.24) is 0 Å². The van der Waals surface area contributed by atoms with E-state index in [1.165, 1.54) is 10.9 Å². The Kier molecular flexibility index (Phi) is 5.72. The third kappa shape index (κ3) is 3.69. The van der Waals surface area contributed by atoms with E-state index in [2.05, 4.69) is 35.5 Å². The number of phenolic OH excluding ortho intramolecular Hbond substituents is 1. The molecule has 0 bridgehead atoms. The van der Waals surface area contributed by atoms with E-state index in [9.17, 15) is 5.11 Å². The number of nitrogens with zero attached hydrogens (tertiary/aromatic N) is 1. The first-order chi connectivity index (χ1) is 10.8. The molecular formula is C20H18BrNO. The van der Waals surface area contributed by atoms with E-state index in [0.717, 1.165) is 17.7 Å².